The van der Waals surface area contributed by atoms with Gasteiger partial charge in [-0.15, -0.1) is 0 Å². The van der Waals surface area contributed by atoms with Gasteiger partial charge in [-0.3, -0.25) is 9.79 Å². The standard InChI is InChI=1S/C12H19N3OS/c16-11(15-5-1-2-6-15)8-14-12-13-7-10(17-12)9-3-4-9/h9-10H,1-8H2,(H,13,14). The molecule has 2 aliphatic heterocycles. The van der Waals surface area contributed by atoms with Crippen LogP contribution in [0.2, 0.25) is 0 Å². The highest BCUT2D eigenvalue weighted by Gasteiger charge is 2.35. The molecule has 1 aliphatic carbocycles. The Morgan fingerprint density at radius 3 is 2.88 bits per heavy atom. The van der Waals surface area contributed by atoms with Gasteiger partial charge >= 0.3 is 0 Å². The predicted molar refractivity (Wildman–Crippen MR) is 70.2 cm³/mol. The first-order valence-corrected chi connectivity index (χ1v) is 7.43. The number of rotatable bonds is 3. The van der Waals surface area contributed by atoms with Gasteiger partial charge in [0, 0.05) is 18.3 Å². The molecule has 0 spiro atoms. The van der Waals surface area contributed by atoms with Crippen molar-refractivity contribution in [1.82, 2.24) is 10.2 Å². The first-order chi connectivity index (χ1) is 8.33. The fraction of sp³-hybridized carbons (Fsp3) is 0.833. The highest BCUT2D eigenvalue weighted by atomic mass is 32.2. The molecule has 0 aromatic rings. The van der Waals surface area contributed by atoms with Crippen molar-refractivity contribution < 1.29 is 4.79 Å². The highest BCUT2D eigenvalue weighted by Crippen LogP contribution is 2.41. The van der Waals surface area contributed by atoms with Gasteiger partial charge < -0.3 is 10.2 Å². The molecule has 2 fully saturated rings. The van der Waals surface area contributed by atoms with Gasteiger partial charge in [-0.1, -0.05) is 11.8 Å². The summed E-state index contributed by atoms with van der Waals surface area (Å²) in [5.41, 5.74) is 0. The van der Waals surface area contributed by atoms with Crippen LogP contribution >= 0.6 is 11.8 Å². The zero-order chi connectivity index (χ0) is 11.7. The van der Waals surface area contributed by atoms with Crippen molar-refractivity contribution in [2.75, 3.05) is 26.2 Å². The van der Waals surface area contributed by atoms with E-state index in [-0.39, 0.29) is 5.91 Å². The van der Waals surface area contributed by atoms with Gasteiger partial charge in [0.15, 0.2) is 5.17 Å². The number of aliphatic imine (C=N–C) groups is 1. The number of hydrogen-bond donors (Lipinski definition) is 1. The zero-order valence-electron chi connectivity index (χ0n) is 10.0. The van der Waals surface area contributed by atoms with E-state index in [0.717, 1.165) is 43.6 Å². The molecule has 0 aromatic carbocycles. The molecule has 1 saturated carbocycles. The van der Waals surface area contributed by atoms with Gasteiger partial charge in [0.25, 0.3) is 0 Å². The molecule has 94 valence electrons. The van der Waals surface area contributed by atoms with E-state index >= 15 is 0 Å². The van der Waals surface area contributed by atoms with E-state index in [1.54, 1.807) is 0 Å². The normalized spacial score (nSPS) is 28.4. The van der Waals surface area contributed by atoms with Crippen LogP contribution in [0.1, 0.15) is 25.7 Å². The van der Waals surface area contributed by atoms with Gasteiger partial charge in [0.1, 0.15) is 0 Å². The van der Waals surface area contributed by atoms with Crippen LogP contribution in [-0.2, 0) is 4.79 Å². The van der Waals surface area contributed by atoms with Crippen LogP contribution in [-0.4, -0.2) is 47.4 Å². The number of nitrogens with one attached hydrogen (secondary N) is 1. The van der Waals surface area contributed by atoms with Gasteiger partial charge in [0.2, 0.25) is 5.91 Å². The number of carbonyl (C=O) groups is 1. The molecule has 4 nitrogen and oxygen atoms in total. The monoisotopic (exact) mass is 253 g/mol. The van der Waals surface area contributed by atoms with Crippen molar-refractivity contribution in [3.8, 4) is 0 Å². The van der Waals surface area contributed by atoms with E-state index in [9.17, 15) is 4.79 Å². The van der Waals surface area contributed by atoms with Crippen LogP contribution in [0.15, 0.2) is 4.99 Å². The second-order valence-electron chi connectivity index (χ2n) is 5.08. The minimum atomic E-state index is 0.223. The van der Waals surface area contributed by atoms with Crippen molar-refractivity contribution in [2.24, 2.45) is 10.9 Å². The lowest BCUT2D eigenvalue weighted by Crippen LogP contribution is -2.37. The molecule has 1 unspecified atom stereocenters. The molecule has 1 N–H and O–H groups in total. The zero-order valence-corrected chi connectivity index (χ0v) is 10.8. The summed E-state index contributed by atoms with van der Waals surface area (Å²) in [5, 5.41) is 4.85. The molecule has 1 amide bonds. The Bertz CT molecular complexity index is 335. The van der Waals surface area contributed by atoms with Crippen molar-refractivity contribution >= 4 is 22.8 Å². The lowest BCUT2D eigenvalue weighted by molar-refractivity contribution is -0.128. The van der Waals surface area contributed by atoms with Crippen LogP contribution in [0, 0.1) is 5.92 Å². The third-order valence-corrected chi connectivity index (χ3v) is 5.01. The molecule has 2 heterocycles. The average molecular weight is 253 g/mol. The molecular formula is C12H19N3OS. The number of amides is 1. The second-order valence-corrected chi connectivity index (χ2v) is 6.31. The van der Waals surface area contributed by atoms with Gasteiger partial charge in [-0.2, -0.15) is 0 Å². The van der Waals surface area contributed by atoms with Crippen LogP contribution in [0.4, 0.5) is 0 Å². The molecular weight excluding hydrogens is 234 g/mol. The summed E-state index contributed by atoms with van der Waals surface area (Å²) < 4.78 is 0. The SMILES string of the molecule is O=C(CNC1=NCC(C2CC2)S1)N1CCCC1. The van der Waals surface area contributed by atoms with Crippen molar-refractivity contribution in [3.05, 3.63) is 0 Å². The highest BCUT2D eigenvalue weighted by molar-refractivity contribution is 8.14. The summed E-state index contributed by atoms with van der Waals surface area (Å²) in [7, 11) is 0. The Morgan fingerprint density at radius 2 is 2.18 bits per heavy atom. The Morgan fingerprint density at radius 1 is 1.41 bits per heavy atom. The molecule has 0 bridgehead atoms. The fourth-order valence-electron chi connectivity index (χ4n) is 2.43. The Balaban J connectivity index is 1.40. The average Bonchev–Trinajstić information content (AvgIpc) is 2.88. The van der Waals surface area contributed by atoms with Gasteiger partial charge in [0.05, 0.1) is 13.1 Å². The summed E-state index contributed by atoms with van der Waals surface area (Å²) in [6.45, 7) is 3.23. The van der Waals surface area contributed by atoms with Crippen molar-refractivity contribution in [2.45, 2.75) is 30.9 Å². The van der Waals surface area contributed by atoms with E-state index < -0.39 is 0 Å². The molecule has 1 atom stereocenters. The molecule has 5 heteroatoms. The second kappa shape index (κ2) is 4.88. The number of likely N-dealkylation sites (tertiary alicyclic amines) is 1. The fourth-order valence-corrected chi connectivity index (χ4v) is 3.64. The van der Waals surface area contributed by atoms with E-state index in [1.165, 1.54) is 12.8 Å². The molecule has 3 rings (SSSR count). The van der Waals surface area contributed by atoms with Crippen LogP contribution < -0.4 is 5.32 Å². The van der Waals surface area contributed by atoms with Gasteiger partial charge in [-0.05, 0) is 31.6 Å². The van der Waals surface area contributed by atoms with E-state index in [0.29, 0.717) is 11.8 Å². The van der Waals surface area contributed by atoms with Crippen LogP contribution in [0.25, 0.3) is 0 Å². The predicted octanol–water partition coefficient (Wildman–Crippen LogP) is 1.08. The summed E-state index contributed by atoms with van der Waals surface area (Å²) in [5.74, 6) is 1.11. The molecule has 17 heavy (non-hydrogen) atoms. The summed E-state index contributed by atoms with van der Waals surface area (Å²) in [6.07, 6.45) is 5.05. The number of carbonyl (C=O) groups excluding carboxylic acids is 1. The van der Waals surface area contributed by atoms with E-state index in [1.807, 2.05) is 16.7 Å². The first kappa shape index (κ1) is 11.4. The third-order valence-electron chi connectivity index (χ3n) is 3.68. The number of thioether (sulfide) groups is 1. The Kier molecular flexibility index (Phi) is 3.27. The third kappa shape index (κ3) is 2.76. The maximum Gasteiger partial charge on any atom is 0.241 e. The number of amidine groups is 1. The maximum absolute atomic E-state index is 11.8. The minimum absolute atomic E-state index is 0.223. The molecule has 3 aliphatic rings. The Hall–Kier alpha value is -0.710. The maximum atomic E-state index is 11.8. The number of hydrogen-bond acceptors (Lipinski definition) is 4. The van der Waals surface area contributed by atoms with Crippen molar-refractivity contribution in [1.29, 1.82) is 0 Å². The van der Waals surface area contributed by atoms with Crippen LogP contribution in [0.5, 0.6) is 0 Å². The summed E-state index contributed by atoms with van der Waals surface area (Å²) in [4.78, 5) is 18.3. The quantitative estimate of drug-likeness (QED) is 0.818. The van der Waals surface area contributed by atoms with Gasteiger partial charge in [-0.25, -0.2) is 0 Å². The lowest BCUT2D eigenvalue weighted by atomic mass is 10.3. The molecule has 0 aromatic heterocycles. The topological polar surface area (TPSA) is 44.7 Å². The largest absolute Gasteiger partial charge is 0.356 e. The van der Waals surface area contributed by atoms with E-state index in [4.69, 9.17) is 0 Å². The minimum Gasteiger partial charge on any atom is -0.356 e. The van der Waals surface area contributed by atoms with E-state index in [2.05, 4.69) is 10.3 Å². The Labute approximate surface area is 106 Å². The summed E-state index contributed by atoms with van der Waals surface area (Å²) in [6, 6.07) is 0. The summed E-state index contributed by atoms with van der Waals surface area (Å²) >= 11 is 1.83. The van der Waals surface area contributed by atoms with Crippen molar-refractivity contribution in [3.63, 3.8) is 0 Å². The lowest BCUT2D eigenvalue weighted by Gasteiger charge is -2.15. The molecule has 1 saturated heterocycles. The first-order valence-electron chi connectivity index (χ1n) is 6.56. The molecule has 0 radical (unpaired) electrons. The number of nitrogens with zero attached hydrogens (tertiary/aromatic N) is 2. The smallest absolute Gasteiger partial charge is 0.241 e. The van der Waals surface area contributed by atoms with Crippen LogP contribution in [0.3, 0.4) is 0 Å².